The average molecular weight is 471 g/mol. The number of hydrogen-bond acceptors (Lipinski definition) is 5. The molecule has 0 saturated carbocycles. The Labute approximate surface area is 202 Å². The molecule has 2 aliphatic rings. The van der Waals surface area contributed by atoms with Crippen LogP contribution in [0.2, 0.25) is 5.15 Å². The zero-order valence-corrected chi connectivity index (χ0v) is 20.4. The van der Waals surface area contributed by atoms with Gasteiger partial charge in [-0.1, -0.05) is 41.9 Å². The number of halogens is 1. The van der Waals surface area contributed by atoms with Crippen LogP contribution in [-0.2, 0) is 6.54 Å². The van der Waals surface area contributed by atoms with Crippen LogP contribution in [0.25, 0.3) is 0 Å². The summed E-state index contributed by atoms with van der Waals surface area (Å²) in [6, 6.07) is 14.5. The van der Waals surface area contributed by atoms with Crippen molar-refractivity contribution in [2.45, 2.75) is 51.7 Å². The molecule has 178 valence electrons. The van der Waals surface area contributed by atoms with Crippen molar-refractivity contribution in [3.63, 3.8) is 0 Å². The molecule has 0 radical (unpaired) electrons. The summed E-state index contributed by atoms with van der Waals surface area (Å²) >= 11 is 5.86. The maximum Gasteiger partial charge on any atom is 0.318 e. The van der Waals surface area contributed by atoms with Crippen LogP contribution in [0, 0.1) is 5.92 Å². The van der Waals surface area contributed by atoms with Crippen molar-refractivity contribution >= 4 is 23.4 Å². The third kappa shape index (κ3) is 6.36. The molecule has 2 amide bonds. The number of nitrogens with one attached hydrogen (secondary N) is 1. The van der Waals surface area contributed by atoms with Crippen LogP contribution in [0.15, 0.2) is 42.5 Å². The molecule has 2 atom stereocenters. The number of carbonyl (C=O) groups is 1. The molecule has 1 aromatic heterocycles. The molecule has 4 rings (SSSR count). The van der Waals surface area contributed by atoms with Crippen LogP contribution in [0.1, 0.15) is 38.7 Å². The van der Waals surface area contributed by atoms with Crippen LogP contribution in [0.3, 0.4) is 0 Å². The fourth-order valence-electron chi connectivity index (χ4n) is 5.14. The Kier molecular flexibility index (Phi) is 8.04. The predicted molar refractivity (Wildman–Crippen MR) is 132 cm³/mol. The summed E-state index contributed by atoms with van der Waals surface area (Å²) < 4.78 is 0. The van der Waals surface area contributed by atoms with E-state index in [9.17, 15) is 4.79 Å². The van der Waals surface area contributed by atoms with Crippen molar-refractivity contribution in [2.75, 3.05) is 37.6 Å². The van der Waals surface area contributed by atoms with E-state index in [1.807, 2.05) is 11.0 Å². The van der Waals surface area contributed by atoms with Gasteiger partial charge in [-0.25, -0.2) is 4.79 Å². The minimum absolute atomic E-state index is 0.0401. The number of hydrogen-bond donors (Lipinski definition) is 1. The molecule has 3 heterocycles. The van der Waals surface area contributed by atoms with E-state index in [0.717, 1.165) is 51.5 Å². The second-order valence-electron chi connectivity index (χ2n) is 9.45. The van der Waals surface area contributed by atoms with Crippen molar-refractivity contribution < 1.29 is 4.79 Å². The van der Waals surface area contributed by atoms with Gasteiger partial charge < -0.3 is 15.1 Å². The fraction of sp³-hybridized carbons (Fsp3) is 0.560. The lowest BCUT2D eigenvalue weighted by Gasteiger charge is -2.44. The molecule has 1 aromatic carbocycles. The summed E-state index contributed by atoms with van der Waals surface area (Å²) in [4.78, 5) is 19.6. The molecule has 2 saturated heterocycles. The van der Waals surface area contributed by atoms with E-state index in [2.05, 4.69) is 69.5 Å². The quantitative estimate of drug-likeness (QED) is 0.690. The third-order valence-corrected chi connectivity index (χ3v) is 7.08. The Morgan fingerprint density at radius 2 is 1.73 bits per heavy atom. The predicted octanol–water partition coefficient (Wildman–Crippen LogP) is 4.04. The lowest BCUT2D eigenvalue weighted by Crippen LogP contribution is -2.61. The minimum atomic E-state index is 0.0401. The highest BCUT2D eigenvalue weighted by molar-refractivity contribution is 6.29. The molecule has 2 fully saturated rings. The van der Waals surface area contributed by atoms with Crippen molar-refractivity contribution in [3.05, 3.63) is 53.2 Å². The van der Waals surface area contributed by atoms with Gasteiger partial charge in [0.05, 0.1) is 0 Å². The van der Waals surface area contributed by atoms with Crippen molar-refractivity contribution in [3.8, 4) is 0 Å². The Bertz CT molecular complexity index is 876. The number of benzene rings is 1. The Hall–Kier alpha value is -2.38. The maximum absolute atomic E-state index is 12.9. The molecule has 2 aliphatic heterocycles. The van der Waals surface area contributed by atoms with Gasteiger partial charge in [-0.3, -0.25) is 4.90 Å². The first-order valence-corrected chi connectivity index (χ1v) is 12.4. The number of likely N-dealkylation sites (tertiary alicyclic amines) is 1. The van der Waals surface area contributed by atoms with Gasteiger partial charge in [0, 0.05) is 38.3 Å². The largest absolute Gasteiger partial charge is 0.351 e. The summed E-state index contributed by atoms with van der Waals surface area (Å²) in [5.41, 5.74) is 1.38. The lowest BCUT2D eigenvalue weighted by atomic mass is 9.93. The number of urea groups is 1. The van der Waals surface area contributed by atoms with E-state index < -0.39 is 0 Å². The molecule has 0 spiro atoms. The van der Waals surface area contributed by atoms with E-state index in [0.29, 0.717) is 11.1 Å². The van der Waals surface area contributed by atoms with Gasteiger partial charge in [0.2, 0.25) is 0 Å². The van der Waals surface area contributed by atoms with Gasteiger partial charge in [-0.2, -0.15) is 0 Å². The van der Waals surface area contributed by atoms with Crippen molar-refractivity contribution in [1.29, 1.82) is 0 Å². The minimum Gasteiger partial charge on any atom is -0.351 e. The zero-order valence-electron chi connectivity index (χ0n) is 19.7. The molecule has 0 bridgehead atoms. The van der Waals surface area contributed by atoms with E-state index in [4.69, 9.17) is 11.6 Å². The molecule has 7 nitrogen and oxygen atoms in total. The molecule has 1 N–H and O–H groups in total. The van der Waals surface area contributed by atoms with Crippen LogP contribution in [-0.4, -0.2) is 70.8 Å². The number of piperazine rings is 1. The first kappa shape index (κ1) is 23.8. The standard InChI is InChI=1S/C25H35ClN6O/c1-19-16-31(24-9-8-23(26)28-29-24)17-20(2)32(19)25(33)27-13-10-21-11-14-30(15-12-21)18-22-6-4-3-5-7-22/h3-9,19-21H,10-18H2,1-2H3,(H,27,33). The molecular weight excluding hydrogens is 436 g/mol. The summed E-state index contributed by atoms with van der Waals surface area (Å²) in [6.07, 6.45) is 3.46. The molecular formula is C25H35ClN6O. The number of anilines is 1. The van der Waals surface area contributed by atoms with E-state index in [1.54, 1.807) is 6.07 Å². The van der Waals surface area contributed by atoms with Gasteiger partial charge in [0.15, 0.2) is 11.0 Å². The van der Waals surface area contributed by atoms with Gasteiger partial charge >= 0.3 is 6.03 Å². The summed E-state index contributed by atoms with van der Waals surface area (Å²) in [6.45, 7) is 9.69. The maximum atomic E-state index is 12.9. The highest BCUT2D eigenvalue weighted by Gasteiger charge is 2.33. The van der Waals surface area contributed by atoms with E-state index in [1.165, 1.54) is 18.4 Å². The fourth-order valence-corrected chi connectivity index (χ4v) is 5.24. The molecule has 2 aromatic rings. The topological polar surface area (TPSA) is 64.6 Å². The van der Waals surface area contributed by atoms with Crippen LogP contribution >= 0.6 is 11.6 Å². The smallest absolute Gasteiger partial charge is 0.318 e. The highest BCUT2D eigenvalue weighted by atomic mass is 35.5. The number of aromatic nitrogens is 2. The Morgan fingerprint density at radius 3 is 2.36 bits per heavy atom. The van der Waals surface area contributed by atoms with Gasteiger partial charge in [0.1, 0.15) is 0 Å². The van der Waals surface area contributed by atoms with Crippen molar-refractivity contribution in [1.82, 2.24) is 25.3 Å². The zero-order chi connectivity index (χ0) is 23.2. The van der Waals surface area contributed by atoms with E-state index in [-0.39, 0.29) is 18.1 Å². The average Bonchev–Trinajstić information content (AvgIpc) is 2.81. The second kappa shape index (κ2) is 11.2. The molecule has 33 heavy (non-hydrogen) atoms. The third-order valence-electron chi connectivity index (χ3n) is 6.88. The van der Waals surface area contributed by atoms with Crippen LogP contribution in [0.5, 0.6) is 0 Å². The first-order valence-electron chi connectivity index (χ1n) is 12.1. The Balaban J connectivity index is 1.18. The van der Waals surface area contributed by atoms with Gasteiger partial charge in [0.25, 0.3) is 0 Å². The van der Waals surface area contributed by atoms with Crippen LogP contribution < -0.4 is 10.2 Å². The molecule has 0 aliphatic carbocycles. The van der Waals surface area contributed by atoms with Gasteiger partial charge in [-0.15, -0.1) is 10.2 Å². The second-order valence-corrected chi connectivity index (χ2v) is 9.84. The molecule has 8 heteroatoms. The number of amides is 2. The number of piperidine rings is 1. The first-order chi connectivity index (χ1) is 16.0. The van der Waals surface area contributed by atoms with Gasteiger partial charge in [-0.05, 0) is 69.8 Å². The normalized spacial score (nSPS) is 22.4. The summed E-state index contributed by atoms with van der Waals surface area (Å²) in [5.74, 6) is 1.49. The molecule has 2 unspecified atom stereocenters. The lowest BCUT2D eigenvalue weighted by molar-refractivity contribution is 0.139. The van der Waals surface area contributed by atoms with Crippen LogP contribution in [0.4, 0.5) is 10.6 Å². The number of nitrogens with zero attached hydrogens (tertiary/aromatic N) is 5. The Morgan fingerprint density at radius 1 is 1.03 bits per heavy atom. The monoisotopic (exact) mass is 470 g/mol. The summed E-state index contributed by atoms with van der Waals surface area (Å²) in [5, 5.41) is 11.7. The van der Waals surface area contributed by atoms with E-state index >= 15 is 0 Å². The number of rotatable bonds is 6. The summed E-state index contributed by atoms with van der Waals surface area (Å²) in [7, 11) is 0. The SMILES string of the molecule is CC1CN(c2ccc(Cl)nn2)CC(C)N1C(=O)NCCC1CCN(Cc2ccccc2)CC1. The van der Waals surface area contributed by atoms with Crippen molar-refractivity contribution in [2.24, 2.45) is 5.92 Å². The number of carbonyl (C=O) groups excluding carboxylic acids is 1. The highest BCUT2D eigenvalue weighted by Crippen LogP contribution is 2.23.